The van der Waals surface area contributed by atoms with E-state index < -0.39 is 12.0 Å². The fourth-order valence-corrected chi connectivity index (χ4v) is 6.16. The molecule has 2 aromatic carbocycles. The Kier molecular flexibility index (Phi) is 9.40. The summed E-state index contributed by atoms with van der Waals surface area (Å²) in [5, 5.41) is 0. The van der Waals surface area contributed by atoms with Gasteiger partial charge < -0.3 is 18.9 Å². The van der Waals surface area contributed by atoms with Crippen LogP contribution in [0.1, 0.15) is 58.7 Å². The van der Waals surface area contributed by atoms with Crippen LogP contribution in [0, 0.1) is 3.57 Å². The summed E-state index contributed by atoms with van der Waals surface area (Å²) in [5.74, 6) is 1.21. The number of carbonyl (C=O) groups excluding carboxylic acids is 1. The molecule has 1 aromatic heterocycles. The number of fused-ring (bicyclic) bond motifs is 1. The van der Waals surface area contributed by atoms with E-state index in [1.165, 1.54) is 11.3 Å². The van der Waals surface area contributed by atoms with E-state index in [2.05, 4.69) is 27.6 Å². The van der Waals surface area contributed by atoms with Crippen molar-refractivity contribution in [2.45, 2.75) is 59.8 Å². The van der Waals surface area contributed by atoms with Crippen LogP contribution in [0.3, 0.4) is 0 Å². The SMILES string of the molecule is CCOC(=O)C1=C(C)N=c2s/c(=C\c3cc(I)cc(OC)c3OC(C)C)c(=O)n2[C@H]1c1ccccc1OC(C)C. The molecule has 8 nitrogen and oxygen atoms in total. The van der Waals surface area contributed by atoms with Gasteiger partial charge in [0.05, 0.1) is 41.7 Å². The number of hydrogen-bond acceptors (Lipinski definition) is 8. The molecule has 3 aromatic rings. The van der Waals surface area contributed by atoms with Crippen LogP contribution < -0.4 is 29.1 Å². The maximum Gasteiger partial charge on any atom is 0.338 e. The summed E-state index contributed by atoms with van der Waals surface area (Å²) >= 11 is 3.47. The lowest BCUT2D eigenvalue weighted by molar-refractivity contribution is -0.139. The van der Waals surface area contributed by atoms with Crippen LogP contribution in [-0.4, -0.2) is 36.5 Å². The number of hydrogen-bond donors (Lipinski definition) is 0. The Morgan fingerprint density at radius 3 is 2.48 bits per heavy atom. The van der Waals surface area contributed by atoms with Crippen molar-refractivity contribution in [1.82, 2.24) is 4.57 Å². The third-order valence-electron chi connectivity index (χ3n) is 6.00. The van der Waals surface area contributed by atoms with E-state index >= 15 is 0 Å². The van der Waals surface area contributed by atoms with Crippen LogP contribution >= 0.6 is 33.9 Å². The fourth-order valence-electron chi connectivity index (χ4n) is 4.50. The molecule has 1 aliphatic heterocycles. The quantitative estimate of drug-likeness (QED) is 0.235. The van der Waals surface area contributed by atoms with Gasteiger partial charge in [-0.05, 0) is 88.4 Å². The van der Waals surface area contributed by atoms with Gasteiger partial charge in [0.1, 0.15) is 11.8 Å². The second-order valence-electron chi connectivity index (χ2n) is 9.70. The van der Waals surface area contributed by atoms with E-state index in [1.807, 2.05) is 64.1 Å². The van der Waals surface area contributed by atoms with Crippen LogP contribution in [0.25, 0.3) is 6.08 Å². The van der Waals surface area contributed by atoms with Crippen LogP contribution in [0.2, 0.25) is 0 Å². The van der Waals surface area contributed by atoms with Crippen LogP contribution in [0.5, 0.6) is 17.2 Å². The van der Waals surface area contributed by atoms with Gasteiger partial charge in [-0.25, -0.2) is 9.79 Å². The van der Waals surface area contributed by atoms with Gasteiger partial charge in [-0.15, -0.1) is 0 Å². The number of carbonyl (C=O) groups is 1. The highest BCUT2D eigenvalue weighted by Crippen LogP contribution is 2.37. The van der Waals surface area contributed by atoms with Gasteiger partial charge >= 0.3 is 5.97 Å². The molecular weight excluding hydrogens is 643 g/mol. The second-order valence-corrected chi connectivity index (χ2v) is 12.0. The number of halogens is 1. The molecular formula is C30H33IN2O6S. The smallest absolute Gasteiger partial charge is 0.338 e. The van der Waals surface area contributed by atoms with E-state index in [1.54, 1.807) is 31.6 Å². The summed E-state index contributed by atoms with van der Waals surface area (Å²) < 4.78 is 26.2. The van der Waals surface area contributed by atoms with Crippen molar-refractivity contribution in [3.8, 4) is 17.2 Å². The molecule has 0 N–H and O–H groups in total. The number of rotatable bonds is 9. The molecule has 1 atom stereocenters. The van der Waals surface area contributed by atoms with Gasteiger partial charge in [0.2, 0.25) is 0 Å². The first-order valence-electron chi connectivity index (χ1n) is 13.0. The first-order valence-corrected chi connectivity index (χ1v) is 14.9. The molecule has 0 bridgehead atoms. The van der Waals surface area contributed by atoms with Crippen molar-refractivity contribution in [3.63, 3.8) is 0 Å². The third-order valence-corrected chi connectivity index (χ3v) is 7.61. The summed E-state index contributed by atoms with van der Waals surface area (Å²) in [5.41, 5.74) is 1.91. The highest BCUT2D eigenvalue weighted by Gasteiger charge is 2.35. The Bertz CT molecular complexity index is 1640. The first kappa shape index (κ1) is 29.9. The lowest BCUT2D eigenvalue weighted by Crippen LogP contribution is -2.40. The average molecular weight is 677 g/mol. The predicted molar refractivity (Wildman–Crippen MR) is 164 cm³/mol. The Morgan fingerprint density at radius 2 is 1.82 bits per heavy atom. The van der Waals surface area contributed by atoms with Crippen molar-refractivity contribution in [2.24, 2.45) is 4.99 Å². The zero-order valence-electron chi connectivity index (χ0n) is 23.6. The summed E-state index contributed by atoms with van der Waals surface area (Å²) in [6, 6.07) is 10.5. The first-order chi connectivity index (χ1) is 19.0. The normalized spacial score (nSPS) is 15.2. The number of ether oxygens (including phenoxy) is 4. The van der Waals surface area contributed by atoms with Crippen LogP contribution in [0.15, 0.2) is 57.5 Å². The molecule has 0 radical (unpaired) electrons. The summed E-state index contributed by atoms with van der Waals surface area (Å²) in [4.78, 5) is 32.6. The average Bonchev–Trinajstić information content (AvgIpc) is 3.18. The molecule has 0 unspecified atom stereocenters. The Morgan fingerprint density at radius 1 is 1.12 bits per heavy atom. The van der Waals surface area contributed by atoms with Gasteiger partial charge in [-0.2, -0.15) is 0 Å². The minimum atomic E-state index is -0.774. The summed E-state index contributed by atoms with van der Waals surface area (Å²) in [7, 11) is 1.59. The van der Waals surface area contributed by atoms with Crippen molar-refractivity contribution in [2.75, 3.05) is 13.7 Å². The molecule has 10 heteroatoms. The van der Waals surface area contributed by atoms with Crippen LogP contribution in [-0.2, 0) is 9.53 Å². The number of nitrogens with zero attached hydrogens (tertiary/aromatic N) is 2. The molecule has 40 heavy (non-hydrogen) atoms. The second kappa shape index (κ2) is 12.6. The number of allylic oxidation sites excluding steroid dienone is 1. The van der Waals surface area contributed by atoms with E-state index in [9.17, 15) is 9.59 Å². The molecule has 4 rings (SSSR count). The van der Waals surface area contributed by atoms with E-state index in [0.717, 1.165) is 3.57 Å². The molecule has 0 amide bonds. The molecule has 1 aliphatic rings. The number of benzene rings is 2. The van der Waals surface area contributed by atoms with Gasteiger partial charge in [-0.1, -0.05) is 29.5 Å². The molecule has 2 heterocycles. The zero-order valence-corrected chi connectivity index (χ0v) is 26.6. The topological polar surface area (TPSA) is 88.4 Å². The fraction of sp³-hybridized carbons (Fsp3) is 0.367. The summed E-state index contributed by atoms with van der Waals surface area (Å²) in [6.07, 6.45) is 1.58. The monoisotopic (exact) mass is 676 g/mol. The van der Waals surface area contributed by atoms with Gasteiger partial charge in [0.25, 0.3) is 5.56 Å². The third kappa shape index (κ3) is 6.12. The van der Waals surface area contributed by atoms with Crippen molar-refractivity contribution in [1.29, 1.82) is 0 Å². The number of esters is 1. The largest absolute Gasteiger partial charge is 0.493 e. The molecule has 0 fully saturated rings. The maximum atomic E-state index is 14.1. The standard InChI is InChI=1S/C30H33IN2O6S/c1-8-37-29(35)25-18(6)32-30-33(26(25)21-11-9-10-12-22(21)38-16(2)3)28(34)24(40-30)14-19-13-20(31)15-23(36-7)27(19)39-17(4)5/h9-17,26H,8H2,1-7H3/b24-14-/t26-/m0/s1. The van der Waals surface area contributed by atoms with E-state index in [-0.39, 0.29) is 24.4 Å². The highest BCUT2D eigenvalue weighted by atomic mass is 127. The lowest BCUT2D eigenvalue weighted by atomic mass is 9.95. The predicted octanol–water partition coefficient (Wildman–Crippen LogP) is 4.99. The van der Waals surface area contributed by atoms with Crippen molar-refractivity contribution in [3.05, 3.63) is 82.1 Å². The number of aromatic nitrogens is 1. The Labute approximate surface area is 251 Å². The molecule has 0 aliphatic carbocycles. The highest BCUT2D eigenvalue weighted by molar-refractivity contribution is 14.1. The van der Waals surface area contributed by atoms with Gasteiger partial charge in [0, 0.05) is 14.7 Å². The number of methoxy groups -OCH3 is 1. The molecule has 0 spiro atoms. The molecule has 212 valence electrons. The summed E-state index contributed by atoms with van der Waals surface area (Å²) in [6.45, 7) is 11.5. The number of thiazole rings is 1. The zero-order chi connectivity index (χ0) is 29.1. The van der Waals surface area contributed by atoms with Crippen molar-refractivity contribution < 1.29 is 23.7 Å². The Balaban J connectivity index is 2.01. The van der Waals surface area contributed by atoms with Crippen LogP contribution in [0.4, 0.5) is 0 Å². The minimum Gasteiger partial charge on any atom is -0.493 e. The van der Waals surface area contributed by atoms with Gasteiger partial charge in [-0.3, -0.25) is 9.36 Å². The Hall–Kier alpha value is -3.12. The van der Waals surface area contributed by atoms with E-state index in [4.69, 9.17) is 18.9 Å². The number of para-hydroxylation sites is 1. The van der Waals surface area contributed by atoms with Gasteiger partial charge in [0.15, 0.2) is 16.3 Å². The minimum absolute atomic E-state index is 0.102. The lowest BCUT2D eigenvalue weighted by Gasteiger charge is -2.26. The molecule has 0 saturated carbocycles. The molecule has 0 saturated heterocycles. The maximum absolute atomic E-state index is 14.1. The van der Waals surface area contributed by atoms with Crippen molar-refractivity contribution >= 4 is 46.0 Å². The van der Waals surface area contributed by atoms with E-state index in [0.29, 0.717) is 49.0 Å².